The number of rotatable bonds is 8. The highest BCUT2D eigenvalue weighted by atomic mass is 32.2. The van der Waals surface area contributed by atoms with Crippen molar-refractivity contribution in [2.75, 3.05) is 52.9 Å². The van der Waals surface area contributed by atoms with Gasteiger partial charge in [0.2, 0.25) is 21.8 Å². The third-order valence-corrected chi connectivity index (χ3v) is 6.56. The molecule has 2 rings (SSSR count). The van der Waals surface area contributed by atoms with E-state index in [1.165, 1.54) is 16.4 Å². The van der Waals surface area contributed by atoms with Crippen molar-refractivity contribution in [1.29, 1.82) is 5.26 Å². The second-order valence-electron chi connectivity index (χ2n) is 6.92. The standard InChI is InChI=1S/C19H27N5O4S/c1-3-8-21-18(25)14-22(2)15-19(26)23-9-11-24(12-10-23)29(27,28)17-7-5-4-6-16(17)13-20/h4-7H,3,8-12,14-15H2,1-2H3,(H,21,25). The minimum atomic E-state index is -3.79. The molecule has 29 heavy (non-hydrogen) atoms. The maximum Gasteiger partial charge on any atom is 0.244 e. The van der Waals surface area contributed by atoms with Gasteiger partial charge in [-0.2, -0.15) is 9.57 Å². The summed E-state index contributed by atoms with van der Waals surface area (Å²) in [5.41, 5.74) is 0.106. The molecule has 1 N–H and O–H groups in total. The van der Waals surface area contributed by atoms with Crippen LogP contribution in [0.3, 0.4) is 0 Å². The molecule has 0 aromatic heterocycles. The van der Waals surface area contributed by atoms with E-state index in [1.807, 2.05) is 13.0 Å². The van der Waals surface area contributed by atoms with E-state index < -0.39 is 10.0 Å². The summed E-state index contributed by atoms with van der Waals surface area (Å²) in [5, 5.41) is 11.9. The number of carbonyl (C=O) groups is 2. The molecule has 1 fully saturated rings. The Kier molecular flexibility index (Phi) is 8.13. The van der Waals surface area contributed by atoms with Crippen molar-refractivity contribution >= 4 is 21.8 Å². The normalized spacial score (nSPS) is 15.2. The smallest absolute Gasteiger partial charge is 0.244 e. The third-order valence-electron chi connectivity index (χ3n) is 4.61. The average Bonchev–Trinajstić information content (AvgIpc) is 2.72. The average molecular weight is 422 g/mol. The molecule has 1 aliphatic rings. The minimum absolute atomic E-state index is 0.0138. The van der Waals surface area contributed by atoms with Crippen LogP contribution in [0.2, 0.25) is 0 Å². The first-order valence-electron chi connectivity index (χ1n) is 9.52. The van der Waals surface area contributed by atoms with E-state index in [1.54, 1.807) is 29.0 Å². The van der Waals surface area contributed by atoms with Crippen molar-refractivity contribution in [1.82, 2.24) is 19.4 Å². The van der Waals surface area contributed by atoms with Gasteiger partial charge >= 0.3 is 0 Å². The van der Waals surface area contributed by atoms with Crippen molar-refractivity contribution in [3.05, 3.63) is 29.8 Å². The maximum absolute atomic E-state index is 12.8. The molecule has 9 nitrogen and oxygen atoms in total. The summed E-state index contributed by atoms with van der Waals surface area (Å²) in [4.78, 5) is 27.4. The van der Waals surface area contributed by atoms with Gasteiger partial charge in [0.1, 0.15) is 6.07 Å². The zero-order valence-corrected chi connectivity index (χ0v) is 17.6. The van der Waals surface area contributed by atoms with Crippen molar-refractivity contribution in [2.24, 2.45) is 0 Å². The summed E-state index contributed by atoms with van der Waals surface area (Å²) in [6, 6.07) is 8.00. The summed E-state index contributed by atoms with van der Waals surface area (Å²) in [5.74, 6) is -0.278. The van der Waals surface area contributed by atoms with Gasteiger partial charge in [-0.3, -0.25) is 14.5 Å². The number of hydrogen-bond donors (Lipinski definition) is 1. The van der Waals surface area contributed by atoms with Crippen molar-refractivity contribution < 1.29 is 18.0 Å². The molecule has 158 valence electrons. The molecule has 0 radical (unpaired) electrons. The Morgan fingerprint density at radius 1 is 1.17 bits per heavy atom. The number of sulfonamides is 1. The molecule has 0 bridgehead atoms. The van der Waals surface area contributed by atoms with Crippen LogP contribution >= 0.6 is 0 Å². The van der Waals surface area contributed by atoms with E-state index >= 15 is 0 Å². The molecular formula is C19H27N5O4S. The Morgan fingerprint density at radius 3 is 2.45 bits per heavy atom. The molecular weight excluding hydrogens is 394 g/mol. The number of nitrogens with one attached hydrogen (secondary N) is 1. The van der Waals surface area contributed by atoms with Gasteiger partial charge in [-0.1, -0.05) is 19.1 Å². The lowest BCUT2D eigenvalue weighted by Crippen LogP contribution is -2.52. The summed E-state index contributed by atoms with van der Waals surface area (Å²) < 4.78 is 27.0. The van der Waals surface area contributed by atoms with E-state index in [9.17, 15) is 23.3 Å². The van der Waals surface area contributed by atoms with Crippen molar-refractivity contribution in [2.45, 2.75) is 18.2 Å². The number of likely N-dealkylation sites (N-methyl/N-ethyl adjacent to an activating group) is 1. The lowest BCUT2D eigenvalue weighted by Gasteiger charge is -2.34. The predicted molar refractivity (Wildman–Crippen MR) is 107 cm³/mol. The van der Waals surface area contributed by atoms with Crippen LogP contribution in [0.4, 0.5) is 0 Å². The summed E-state index contributed by atoms with van der Waals surface area (Å²) in [6.45, 7) is 3.64. The van der Waals surface area contributed by atoms with Gasteiger partial charge < -0.3 is 10.2 Å². The number of piperazine rings is 1. The largest absolute Gasteiger partial charge is 0.355 e. The topological polar surface area (TPSA) is 114 Å². The lowest BCUT2D eigenvalue weighted by atomic mass is 10.2. The summed E-state index contributed by atoms with van der Waals surface area (Å²) in [6.07, 6.45) is 0.848. The Morgan fingerprint density at radius 2 is 1.83 bits per heavy atom. The molecule has 0 atom stereocenters. The van der Waals surface area contributed by atoms with E-state index in [0.717, 1.165) is 6.42 Å². The van der Waals surface area contributed by atoms with E-state index in [2.05, 4.69) is 5.32 Å². The van der Waals surface area contributed by atoms with Gasteiger partial charge in [-0.05, 0) is 25.6 Å². The first-order chi connectivity index (χ1) is 13.8. The Labute approximate surface area is 171 Å². The molecule has 0 saturated carbocycles. The molecule has 2 amide bonds. The summed E-state index contributed by atoms with van der Waals surface area (Å²) in [7, 11) is -2.09. The fraction of sp³-hybridized carbons (Fsp3) is 0.526. The fourth-order valence-corrected chi connectivity index (χ4v) is 4.62. The van der Waals surface area contributed by atoms with E-state index in [-0.39, 0.29) is 61.5 Å². The molecule has 1 aliphatic heterocycles. The van der Waals surface area contributed by atoms with Crippen LogP contribution in [0.15, 0.2) is 29.2 Å². The van der Waals surface area contributed by atoms with Gasteiger partial charge in [0, 0.05) is 32.7 Å². The Bertz CT molecular complexity index is 873. The van der Waals surface area contributed by atoms with E-state index in [4.69, 9.17) is 0 Å². The zero-order valence-electron chi connectivity index (χ0n) is 16.8. The zero-order chi connectivity index (χ0) is 21.4. The summed E-state index contributed by atoms with van der Waals surface area (Å²) >= 11 is 0. The van der Waals surface area contributed by atoms with Gasteiger partial charge in [0.15, 0.2) is 0 Å². The van der Waals surface area contributed by atoms with Gasteiger partial charge in [-0.15, -0.1) is 0 Å². The lowest BCUT2D eigenvalue weighted by molar-refractivity contribution is -0.133. The number of nitriles is 1. The highest BCUT2D eigenvalue weighted by molar-refractivity contribution is 7.89. The number of nitrogens with zero attached hydrogens (tertiary/aromatic N) is 4. The van der Waals surface area contributed by atoms with Gasteiger partial charge in [0.05, 0.1) is 23.5 Å². The van der Waals surface area contributed by atoms with E-state index in [0.29, 0.717) is 6.54 Å². The molecule has 0 spiro atoms. The predicted octanol–water partition coefficient (Wildman–Crippen LogP) is -0.151. The number of hydrogen-bond acceptors (Lipinski definition) is 6. The minimum Gasteiger partial charge on any atom is -0.355 e. The molecule has 1 aromatic carbocycles. The van der Waals surface area contributed by atoms with Crippen LogP contribution in [0.25, 0.3) is 0 Å². The molecule has 1 heterocycles. The molecule has 0 unspecified atom stereocenters. The van der Waals surface area contributed by atoms with Crippen molar-refractivity contribution in [3.63, 3.8) is 0 Å². The van der Waals surface area contributed by atoms with Crippen LogP contribution in [0.5, 0.6) is 0 Å². The molecule has 1 saturated heterocycles. The van der Waals surface area contributed by atoms with Gasteiger partial charge in [0.25, 0.3) is 0 Å². The monoisotopic (exact) mass is 421 g/mol. The second-order valence-corrected chi connectivity index (χ2v) is 8.82. The highest BCUT2D eigenvalue weighted by Crippen LogP contribution is 2.21. The van der Waals surface area contributed by atoms with Crippen LogP contribution in [-0.4, -0.2) is 87.2 Å². The highest BCUT2D eigenvalue weighted by Gasteiger charge is 2.31. The second kappa shape index (κ2) is 10.3. The fourth-order valence-electron chi connectivity index (χ4n) is 3.05. The molecule has 1 aromatic rings. The maximum atomic E-state index is 12.8. The number of amides is 2. The Hall–Kier alpha value is -2.48. The first kappa shape index (κ1) is 22.8. The van der Waals surface area contributed by atoms with Crippen molar-refractivity contribution in [3.8, 4) is 6.07 Å². The van der Waals surface area contributed by atoms with Gasteiger partial charge in [-0.25, -0.2) is 8.42 Å². The van der Waals surface area contributed by atoms with Crippen LogP contribution in [0, 0.1) is 11.3 Å². The van der Waals surface area contributed by atoms with Crippen LogP contribution < -0.4 is 5.32 Å². The molecule has 10 heteroatoms. The first-order valence-corrected chi connectivity index (χ1v) is 11.0. The number of carbonyl (C=O) groups excluding carboxylic acids is 2. The third kappa shape index (κ3) is 6.00. The Balaban J connectivity index is 1.90. The quantitative estimate of drug-likeness (QED) is 0.624. The van der Waals surface area contributed by atoms with Crippen LogP contribution in [0.1, 0.15) is 18.9 Å². The van der Waals surface area contributed by atoms with Crippen LogP contribution in [-0.2, 0) is 19.6 Å². The number of benzene rings is 1. The SMILES string of the molecule is CCCNC(=O)CN(C)CC(=O)N1CCN(S(=O)(=O)c2ccccc2C#N)CC1. The molecule has 0 aliphatic carbocycles.